The van der Waals surface area contributed by atoms with Gasteiger partial charge in [-0.15, -0.1) is 0 Å². The second-order valence-electron chi connectivity index (χ2n) is 6.03. The third-order valence-corrected chi connectivity index (χ3v) is 6.38. The molecule has 2 aliphatic heterocycles. The highest BCUT2D eigenvalue weighted by molar-refractivity contribution is 7.89. The summed E-state index contributed by atoms with van der Waals surface area (Å²) in [6.07, 6.45) is 0.360. The highest BCUT2D eigenvalue weighted by Gasteiger charge is 2.32. The lowest BCUT2D eigenvalue weighted by Gasteiger charge is -2.33. The molecule has 2 aliphatic rings. The van der Waals surface area contributed by atoms with Crippen LogP contribution in [0.5, 0.6) is 0 Å². The van der Waals surface area contributed by atoms with Crippen molar-refractivity contribution in [2.75, 3.05) is 31.1 Å². The summed E-state index contributed by atoms with van der Waals surface area (Å²) < 4.78 is 26.7. The molecule has 2 saturated heterocycles. The van der Waals surface area contributed by atoms with Crippen LogP contribution in [-0.2, 0) is 24.4 Å². The van der Waals surface area contributed by atoms with Crippen LogP contribution < -0.4 is 4.90 Å². The average Bonchev–Trinajstić information content (AvgIpc) is 2.93. The Morgan fingerprint density at radius 1 is 0.920 bits per heavy atom. The van der Waals surface area contributed by atoms with Crippen LogP contribution in [0.25, 0.3) is 0 Å². The zero-order valence-electron chi connectivity index (χ0n) is 13.8. The van der Waals surface area contributed by atoms with Crippen LogP contribution in [0.2, 0.25) is 0 Å². The maximum Gasteiger partial charge on any atom is 0.243 e. The van der Waals surface area contributed by atoms with Crippen molar-refractivity contribution in [2.45, 2.75) is 24.7 Å². The first kappa shape index (κ1) is 17.6. The molecule has 0 N–H and O–H groups in total. The molecule has 0 bridgehead atoms. The number of amides is 3. The number of piperazine rings is 1. The molecule has 25 heavy (non-hydrogen) atoms. The number of nitrogens with zero attached hydrogens (tertiary/aromatic N) is 3. The van der Waals surface area contributed by atoms with Gasteiger partial charge >= 0.3 is 0 Å². The molecule has 0 radical (unpaired) electrons. The maximum atomic E-state index is 12.7. The van der Waals surface area contributed by atoms with E-state index < -0.39 is 10.0 Å². The van der Waals surface area contributed by atoms with Gasteiger partial charge in [0.2, 0.25) is 27.7 Å². The Bertz CT molecular complexity index is 795. The fraction of sp³-hybridized carbons (Fsp3) is 0.438. The molecule has 3 rings (SSSR count). The molecule has 0 saturated carbocycles. The van der Waals surface area contributed by atoms with E-state index in [4.69, 9.17) is 0 Å². The topological polar surface area (TPSA) is 95.1 Å². The molecule has 0 aliphatic carbocycles. The van der Waals surface area contributed by atoms with Crippen molar-refractivity contribution in [3.63, 3.8) is 0 Å². The van der Waals surface area contributed by atoms with E-state index in [0.29, 0.717) is 18.8 Å². The molecule has 8 nitrogen and oxygen atoms in total. The smallest absolute Gasteiger partial charge is 0.243 e. The minimum atomic E-state index is -3.67. The van der Waals surface area contributed by atoms with E-state index in [1.54, 1.807) is 4.90 Å². The van der Waals surface area contributed by atoms with Crippen molar-refractivity contribution in [2.24, 2.45) is 0 Å². The molecule has 0 spiro atoms. The van der Waals surface area contributed by atoms with Crippen molar-refractivity contribution >= 4 is 33.4 Å². The summed E-state index contributed by atoms with van der Waals surface area (Å²) in [5, 5.41) is 0. The number of anilines is 1. The molecule has 1 aromatic rings. The quantitative estimate of drug-likeness (QED) is 0.713. The molecule has 134 valence electrons. The van der Waals surface area contributed by atoms with E-state index in [0.717, 1.165) is 4.90 Å². The van der Waals surface area contributed by atoms with Gasteiger partial charge in [-0.1, -0.05) is 0 Å². The SMILES string of the molecule is CC(=O)N1CCN(S(=O)(=O)c2ccc(N3C(=O)CCC3=O)cc2)CC1. The number of benzene rings is 1. The van der Waals surface area contributed by atoms with Gasteiger partial charge in [0.25, 0.3) is 0 Å². The van der Waals surface area contributed by atoms with Gasteiger partial charge < -0.3 is 4.90 Å². The Morgan fingerprint density at radius 3 is 1.92 bits per heavy atom. The number of hydrogen-bond donors (Lipinski definition) is 0. The molecule has 1 aromatic carbocycles. The van der Waals surface area contributed by atoms with E-state index >= 15 is 0 Å². The van der Waals surface area contributed by atoms with Crippen molar-refractivity contribution in [3.8, 4) is 0 Å². The first-order valence-electron chi connectivity index (χ1n) is 8.02. The number of carbonyl (C=O) groups excluding carboxylic acids is 3. The molecule has 9 heteroatoms. The summed E-state index contributed by atoms with van der Waals surface area (Å²) in [5.74, 6) is -0.622. The van der Waals surface area contributed by atoms with Crippen LogP contribution in [0.15, 0.2) is 29.2 Å². The number of sulfonamides is 1. The largest absolute Gasteiger partial charge is 0.340 e. The summed E-state index contributed by atoms with van der Waals surface area (Å²) in [6, 6.07) is 5.75. The summed E-state index contributed by atoms with van der Waals surface area (Å²) in [7, 11) is -3.67. The van der Waals surface area contributed by atoms with Gasteiger partial charge in [0.15, 0.2) is 0 Å². The van der Waals surface area contributed by atoms with Crippen LogP contribution in [0.3, 0.4) is 0 Å². The fourth-order valence-electron chi connectivity index (χ4n) is 3.02. The number of carbonyl (C=O) groups is 3. The lowest BCUT2D eigenvalue weighted by atomic mass is 10.3. The zero-order valence-corrected chi connectivity index (χ0v) is 14.7. The lowest BCUT2D eigenvalue weighted by Crippen LogP contribution is -2.49. The standard InChI is InChI=1S/C16H19N3O5S/c1-12(20)17-8-10-18(11-9-17)25(23,24)14-4-2-13(3-5-14)19-15(21)6-7-16(19)22/h2-5H,6-11H2,1H3. The first-order valence-corrected chi connectivity index (χ1v) is 9.46. The fourth-order valence-corrected chi connectivity index (χ4v) is 4.45. The van der Waals surface area contributed by atoms with E-state index in [9.17, 15) is 22.8 Å². The monoisotopic (exact) mass is 365 g/mol. The van der Waals surface area contributed by atoms with Crippen molar-refractivity contribution in [1.29, 1.82) is 0 Å². The molecule has 0 unspecified atom stereocenters. The van der Waals surface area contributed by atoms with Crippen LogP contribution in [0, 0.1) is 0 Å². The molecule has 2 heterocycles. The average molecular weight is 365 g/mol. The third-order valence-electron chi connectivity index (χ3n) is 4.47. The third kappa shape index (κ3) is 3.29. The van der Waals surface area contributed by atoms with Gasteiger partial charge in [-0.05, 0) is 24.3 Å². The highest BCUT2D eigenvalue weighted by Crippen LogP contribution is 2.25. The van der Waals surface area contributed by atoms with Crippen LogP contribution in [0.1, 0.15) is 19.8 Å². The van der Waals surface area contributed by atoms with Gasteiger partial charge in [-0.25, -0.2) is 8.42 Å². The molecule has 3 amide bonds. The second kappa shape index (κ2) is 6.57. The lowest BCUT2D eigenvalue weighted by molar-refractivity contribution is -0.130. The summed E-state index contributed by atoms with van der Waals surface area (Å²) in [4.78, 5) is 37.6. The van der Waals surface area contributed by atoms with Gasteiger partial charge in [0, 0.05) is 45.9 Å². The summed E-state index contributed by atoms with van der Waals surface area (Å²) in [5.41, 5.74) is 0.382. The molecular weight excluding hydrogens is 346 g/mol. The van der Waals surface area contributed by atoms with Gasteiger partial charge in [0.1, 0.15) is 0 Å². The Hall–Kier alpha value is -2.26. The van der Waals surface area contributed by atoms with Crippen molar-refractivity contribution < 1.29 is 22.8 Å². The van der Waals surface area contributed by atoms with Crippen LogP contribution in [-0.4, -0.2) is 61.5 Å². The Kier molecular flexibility index (Phi) is 4.61. The molecular formula is C16H19N3O5S. The van der Waals surface area contributed by atoms with E-state index in [2.05, 4.69) is 0 Å². The van der Waals surface area contributed by atoms with Gasteiger partial charge in [0.05, 0.1) is 10.6 Å². The Labute approximate surface area is 146 Å². The molecule has 0 atom stereocenters. The second-order valence-corrected chi connectivity index (χ2v) is 7.96. The predicted molar refractivity (Wildman–Crippen MR) is 89.2 cm³/mol. The molecule has 0 aromatic heterocycles. The molecule has 2 fully saturated rings. The van der Waals surface area contributed by atoms with Crippen LogP contribution in [0.4, 0.5) is 5.69 Å². The minimum absolute atomic E-state index is 0.0682. The summed E-state index contributed by atoms with van der Waals surface area (Å²) in [6.45, 7) is 2.68. The van der Waals surface area contributed by atoms with Crippen LogP contribution >= 0.6 is 0 Å². The number of rotatable bonds is 3. The Morgan fingerprint density at radius 2 is 1.44 bits per heavy atom. The first-order chi connectivity index (χ1) is 11.8. The number of imide groups is 1. The van der Waals surface area contributed by atoms with E-state index in [-0.39, 0.29) is 48.5 Å². The van der Waals surface area contributed by atoms with E-state index in [1.165, 1.54) is 35.5 Å². The van der Waals surface area contributed by atoms with Gasteiger partial charge in [-0.3, -0.25) is 19.3 Å². The minimum Gasteiger partial charge on any atom is -0.340 e. The Balaban J connectivity index is 1.76. The normalized spacial score (nSPS) is 19.6. The zero-order chi connectivity index (χ0) is 18.2. The number of hydrogen-bond acceptors (Lipinski definition) is 5. The predicted octanol–water partition coefficient (Wildman–Crippen LogP) is 0.193. The van der Waals surface area contributed by atoms with Crippen molar-refractivity contribution in [1.82, 2.24) is 9.21 Å². The van der Waals surface area contributed by atoms with Crippen molar-refractivity contribution in [3.05, 3.63) is 24.3 Å². The summed E-state index contributed by atoms with van der Waals surface area (Å²) >= 11 is 0. The van der Waals surface area contributed by atoms with E-state index in [1.807, 2.05) is 0 Å². The maximum absolute atomic E-state index is 12.7. The highest BCUT2D eigenvalue weighted by atomic mass is 32.2. The van der Waals surface area contributed by atoms with Gasteiger partial charge in [-0.2, -0.15) is 4.31 Å².